The lowest BCUT2D eigenvalue weighted by Gasteiger charge is -2.07. The highest BCUT2D eigenvalue weighted by Gasteiger charge is 2.17. The van der Waals surface area contributed by atoms with Crippen molar-refractivity contribution in [1.82, 2.24) is 4.98 Å². The molecule has 22 heavy (non-hydrogen) atoms. The number of hydrogen-bond acceptors (Lipinski definition) is 4. The number of benzene rings is 2. The lowest BCUT2D eigenvalue weighted by molar-refractivity contribution is -0.384. The van der Waals surface area contributed by atoms with Crippen LogP contribution in [0.4, 0.5) is 11.4 Å². The van der Waals surface area contributed by atoms with Crippen molar-refractivity contribution in [2.24, 2.45) is 0 Å². The maximum atomic E-state index is 12.4. The molecular weight excluding hydrogens is 282 g/mol. The summed E-state index contributed by atoms with van der Waals surface area (Å²) in [5.74, 6) is -0.432. The van der Waals surface area contributed by atoms with E-state index in [9.17, 15) is 14.9 Å². The van der Waals surface area contributed by atoms with E-state index in [0.717, 1.165) is 0 Å². The van der Waals surface area contributed by atoms with Gasteiger partial charge in [-0.1, -0.05) is 24.3 Å². The van der Waals surface area contributed by atoms with Crippen LogP contribution in [0.15, 0.2) is 60.8 Å². The fourth-order valence-corrected chi connectivity index (χ4v) is 2.17. The van der Waals surface area contributed by atoms with Gasteiger partial charge >= 0.3 is 0 Å². The summed E-state index contributed by atoms with van der Waals surface area (Å²) in [6, 6.07) is 14.9. The molecule has 0 bridgehead atoms. The van der Waals surface area contributed by atoms with Crippen LogP contribution in [-0.2, 0) is 0 Å². The molecule has 0 radical (unpaired) electrons. The molecule has 0 aliphatic rings. The van der Waals surface area contributed by atoms with Crippen molar-refractivity contribution in [3.63, 3.8) is 0 Å². The molecule has 6 nitrogen and oxygen atoms in total. The van der Waals surface area contributed by atoms with E-state index in [4.69, 9.17) is 0 Å². The highest BCUT2D eigenvalue weighted by atomic mass is 16.6. The minimum absolute atomic E-state index is 0.140. The van der Waals surface area contributed by atoms with Crippen LogP contribution >= 0.6 is 0 Å². The molecule has 0 saturated heterocycles. The van der Waals surface area contributed by atoms with Gasteiger partial charge in [0, 0.05) is 29.4 Å². The van der Waals surface area contributed by atoms with Gasteiger partial charge in [0.1, 0.15) is 0 Å². The average molecular weight is 293 g/mol. The molecule has 0 aliphatic carbocycles. The molecule has 2 aromatic carbocycles. The highest BCUT2D eigenvalue weighted by Crippen LogP contribution is 2.24. The van der Waals surface area contributed by atoms with Gasteiger partial charge in [-0.15, -0.1) is 0 Å². The minimum atomic E-state index is -0.522. The molecule has 0 fully saturated rings. The van der Waals surface area contributed by atoms with Gasteiger partial charge in [0.2, 0.25) is 0 Å². The van der Waals surface area contributed by atoms with Crippen molar-refractivity contribution in [2.45, 2.75) is 0 Å². The summed E-state index contributed by atoms with van der Waals surface area (Å²) in [6.45, 7) is 0. The molecule has 0 atom stereocenters. The van der Waals surface area contributed by atoms with E-state index in [1.807, 2.05) is 6.07 Å². The fourth-order valence-electron chi connectivity index (χ4n) is 2.17. The molecule has 0 saturated carbocycles. The number of nitro benzene ring substituents is 1. The van der Waals surface area contributed by atoms with Crippen molar-refractivity contribution in [1.29, 1.82) is 0 Å². The molecule has 1 aromatic heterocycles. The van der Waals surface area contributed by atoms with E-state index in [0.29, 0.717) is 16.6 Å². The minimum Gasteiger partial charge on any atom is -0.322 e. The van der Waals surface area contributed by atoms with Gasteiger partial charge < -0.3 is 5.32 Å². The molecule has 1 amide bonds. The average Bonchev–Trinajstić information content (AvgIpc) is 2.54. The number of carbonyl (C=O) groups is 1. The van der Waals surface area contributed by atoms with E-state index in [1.54, 1.807) is 42.6 Å². The Bertz CT molecular complexity index is 863. The highest BCUT2D eigenvalue weighted by molar-refractivity contribution is 6.12. The number of nitrogens with one attached hydrogen (secondary N) is 1. The third kappa shape index (κ3) is 2.62. The van der Waals surface area contributed by atoms with Crippen LogP contribution in [0, 0.1) is 10.1 Å². The Morgan fingerprint density at radius 2 is 1.86 bits per heavy atom. The molecule has 0 unspecified atom stereocenters. The third-order valence-corrected chi connectivity index (χ3v) is 3.18. The number of non-ortho nitro benzene ring substituents is 1. The Labute approximate surface area is 125 Å². The van der Waals surface area contributed by atoms with Crippen LogP contribution < -0.4 is 5.32 Å². The van der Waals surface area contributed by atoms with Crippen molar-refractivity contribution in [2.75, 3.05) is 5.32 Å². The van der Waals surface area contributed by atoms with Gasteiger partial charge in [-0.05, 0) is 18.2 Å². The zero-order valence-corrected chi connectivity index (χ0v) is 11.4. The van der Waals surface area contributed by atoms with Crippen LogP contribution in [0.5, 0.6) is 0 Å². The summed E-state index contributed by atoms with van der Waals surface area (Å²) in [4.78, 5) is 27.1. The SMILES string of the molecule is O=C(Nc1ccccc1)c1cc([N+](=O)[O-])cc2cccnc12. The van der Waals surface area contributed by atoms with Gasteiger partial charge in [0.15, 0.2) is 0 Å². The smallest absolute Gasteiger partial charge is 0.270 e. The number of anilines is 1. The quantitative estimate of drug-likeness (QED) is 0.592. The Morgan fingerprint density at radius 1 is 1.09 bits per heavy atom. The van der Waals surface area contributed by atoms with E-state index in [-0.39, 0.29) is 11.3 Å². The van der Waals surface area contributed by atoms with Crippen molar-refractivity contribution < 1.29 is 9.72 Å². The van der Waals surface area contributed by atoms with Gasteiger partial charge in [0.05, 0.1) is 16.0 Å². The Hall–Kier alpha value is -3.28. The van der Waals surface area contributed by atoms with Crippen LogP contribution in [-0.4, -0.2) is 15.8 Å². The number of para-hydroxylation sites is 1. The first-order chi connectivity index (χ1) is 10.6. The summed E-state index contributed by atoms with van der Waals surface area (Å²) < 4.78 is 0. The number of nitro groups is 1. The fraction of sp³-hybridized carbons (Fsp3) is 0. The molecule has 0 aliphatic heterocycles. The summed E-state index contributed by atoms with van der Waals surface area (Å²) >= 11 is 0. The van der Waals surface area contributed by atoms with Gasteiger partial charge in [0.25, 0.3) is 11.6 Å². The standard InChI is InChI=1S/C16H11N3O3/c20-16(18-12-6-2-1-3-7-12)14-10-13(19(21)22)9-11-5-4-8-17-15(11)14/h1-10H,(H,18,20). The molecule has 1 heterocycles. The molecule has 1 N–H and O–H groups in total. The summed E-state index contributed by atoms with van der Waals surface area (Å²) in [7, 11) is 0. The molecule has 3 rings (SSSR count). The second-order valence-electron chi connectivity index (χ2n) is 4.65. The Kier molecular flexibility index (Phi) is 3.49. The van der Waals surface area contributed by atoms with Gasteiger partial charge in [-0.2, -0.15) is 0 Å². The van der Waals surface area contributed by atoms with Crippen LogP contribution in [0.25, 0.3) is 10.9 Å². The number of fused-ring (bicyclic) bond motifs is 1. The largest absolute Gasteiger partial charge is 0.322 e. The zero-order valence-electron chi connectivity index (χ0n) is 11.4. The Morgan fingerprint density at radius 3 is 2.59 bits per heavy atom. The zero-order chi connectivity index (χ0) is 15.5. The van der Waals surface area contributed by atoms with Crippen molar-refractivity contribution >= 4 is 28.2 Å². The first-order valence-electron chi connectivity index (χ1n) is 6.55. The Balaban J connectivity index is 2.08. The lowest BCUT2D eigenvalue weighted by atomic mass is 10.1. The van der Waals surface area contributed by atoms with E-state index >= 15 is 0 Å². The molecule has 6 heteroatoms. The maximum Gasteiger partial charge on any atom is 0.270 e. The summed E-state index contributed by atoms with van der Waals surface area (Å²) in [5.41, 5.74) is 1.08. The number of hydrogen-bond donors (Lipinski definition) is 1. The monoisotopic (exact) mass is 293 g/mol. The first-order valence-corrected chi connectivity index (χ1v) is 6.55. The van der Waals surface area contributed by atoms with Crippen molar-refractivity contribution in [3.05, 3.63) is 76.5 Å². The number of rotatable bonds is 3. The number of pyridine rings is 1. The second-order valence-corrected chi connectivity index (χ2v) is 4.65. The molecule has 3 aromatic rings. The van der Waals surface area contributed by atoms with E-state index < -0.39 is 10.8 Å². The number of nitrogens with zero attached hydrogens (tertiary/aromatic N) is 2. The van der Waals surface area contributed by atoms with Gasteiger partial charge in [-0.25, -0.2) is 0 Å². The van der Waals surface area contributed by atoms with Crippen molar-refractivity contribution in [3.8, 4) is 0 Å². The molecule has 108 valence electrons. The number of amides is 1. The van der Waals surface area contributed by atoms with Crippen LogP contribution in [0.2, 0.25) is 0 Å². The van der Waals surface area contributed by atoms with E-state index in [2.05, 4.69) is 10.3 Å². The van der Waals surface area contributed by atoms with Crippen LogP contribution in [0.1, 0.15) is 10.4 Å². The predicted octanol–water partition coefficient (Wildman–Crippen LogP) is 3.40. The molecular formula is C16H11N3O3. The third-order valence-electron chi connectivity index (χ3n) is 3.18. The summed E-state index contributed by atoms with van der Waals surface area (Å²) in [5, 5.41) is 14.3. The maximum absolute atomic E-state index is 12.4. The second kappa shape index (κ2) is 5.61. The van der Waals surface area contributed by atoms with E-state index in [1.165, 1.54) is 12.1 Å². The lowest BCUT2D eigenvalue weighted by Crippen LogP contribution is -2.13. The first kappa shape index (κ1) is 13.7. The van der Waals surface area contributed by atoms with Crippen LogP contribution in [0.3, 0.4) is 0 Å². The molecule has 0 spiro atoms. The number of aromatic nitrogens is 1. The normalized spacial score (nSPS) is 10.4. The topological polar surface area (TPSA) is 85.1 Å². The summed E-state index contributed by atoms with van der Waals surface area (Å²) in [6.07, 6.45) is 1.55. The van der Waals surface area contributed by atoms with Gasteiger partial charge in [-0.3, -0.25) is 19.9 Å². The number of carbonyl (C=O) groups excluding carboxylic acids is 1. The predicted molar refractivity (Wildman–Crippen MR) is 82.8 cm³/mol.